The van der Waals surface area contributed by atoms with Gasteiger partial charge in [-0.1, -0.05) is 49.1 Å². The summed E-state index contributed by atoms with van der Waals surface area (Å²) in [5, 5.41) is 9.30. The van der Waals surface area contributed by atoms with Crippen LogP contribution in [0.3, 0.4) is 0 Å². The number of aromatic nitrogens is 2. The van der Waals surface area contributed by atoms with Crippen LogP contribution in [-0.2, 0) is 19.3 Å². The van der Waals surface area contributed by atoms with Gasteiger partial charge in [0.25, 0.3) is 0 Å². The van der Waals surface area contributed by atoms with Crippen LogP contribution in [0.25, 0.3) is 11.8 Å². The molecule has 0 aliphatic carbocycles. The lowest BCUT2D eigenvalue weighted by Crippen LogP contribution is -1.99. The van der Waals surface area contributed by atoms with Crippen molar-refractivity contribution in [2.75, 3.05) is 6.61 Å². The highest BCUT2D eigenvalue weighted by atomic mass is 19.1. The van der Waals surface area contributed by atoms with Crippen molar-refractivity contribution in [3.05, 3.63) is 101 Å². The van der Waals surface area contributed by atoms with E-state index in [4.69, 9.17) is 0 Å². The van der Waals surface area contributed by atoms with E-state index in [2.05, 4.69) is 23.7 Å². The Bertz CT molecular complexity index is 974. The Morgan fingerprint density at radius 3 is 2.64 bits per heavy atom. The van der Waals surface area contributed by atoms with E-state index in [1.54, 1.807) is 12.1 Å². The monoisotopic (exact) mass is 376 g/mol. The number of aliphatic hydroxyl groups is 1. The SMILES string of the molecule is C=C/C(=C\n1cc(CCc2ccccc2)nc1C)c1ccc(F)cc1CCO. The van der Waals surface area contributed by atoms with Gasteiger partial charge in [0.15, 0.2) is 0 Å². The lowest BCUT2D eigenvalue weighted by atomic mass is 9.98. The van der Waals surface area contributed by atoms with Gasteiger partial charge in [-0.05, 0) is 60.6 Å². The zero-order valence-corrected chi connectivity index (χ0v) is 16.1. The third-order valence-electron chi connectivity index (χ3n) is 4.74. The quantitative estimate of drug-likeness (QED) is 0.572. The van der Waals surface area contributed by atoms with Crippen molar-refractivity contribution in [1.29, 1.82) is 0 Å². The maximum atomic E-state index is 13.6. The summed E-state index contributed by atoms with van der Waals surface area (Å²) in [6.07, 6.45) is 7.92. The molecule has 0 unspecified atom stereocenters. The summed E-state index contributed by atoms with van der Waals surface area (Å²) in [6, 6.07) is 15.0. The molecular formula is C24H25FN2O. The first-order chi connectivity index (χ1) is 13.6. The Labute approximate surface area is 165 Å². The molecule has 1 N–H and O–H groups in total. The number of halogens is 1. The molecule has 0 amide bonds. The number of aryl methyl sites for hydroxylation is 3. The van der Waals surface area contributed by atoms with Gasteiger partial charge in [-0.25, -0.2) is 9.37 Å². The first-order valence-corrected chi connectivity index (χ1v) is 9.43. The summed E-state index contributed by atoms with van der Waals surface area (Å²) < 4.78 is 15.6. The molecule has 0 saturated carbocycles. The molecule has 0 spiro atoms. The van der Waals surface area contributed by atoms with Crippen molar-refractivity contribution in [1.82, 2.24) is 9.55 Å². The van der Waals surface area contributed by atoms with Crippen LogP contribution in [-0.4, -0.2) is 21.3 Å². The van der Waals surface area contributed by atoms with E-state index in [1.165, 1.54) is 17.7 Å². The first-order valence-electron chi connectivity index (χ1n) is 9.43. The molecule has 1 aromatic heterocycles. The number of hydrogen-bond donors (Lipinski definition) is 1. The number of hydrogen-bond acceptors (Lipinski definition) is 2. The Balaban J connectivity index is 1.85. The molecule has 0 aliphatic rings. The second-order valence-corrected chi connectivity index (χ2v) is 6.74. The molecule has 0 fully saturated rings. The van der Waals surface area contributed by atoms with E-state index in [9.17, 15) is 9.50 Å². The topological polar surface area (TPSA) is 38.0 Å². The average molecular weight is 376 g/mol. The van der Waals surface area contributed by atoms with E-state index in [0.717, 1.165) is 41.1 Å². The summed E-state index contributed by atoms with van der Waals surface area (Å²) in [5.41, 5.74) is 4.80. The van der Waals surface area contributed by atoms with Gasteiger partial charge in [-0.3, -0.25) is 0 Å². The standard InChI is InChI=1S/C24H25FN2O/c1-3-20(24-12-10-22(25)15-21(24)13-14-28)16-27-17-23(26-18(27)2)11-9-19-7-5-4-6-8-19/h3-8,10,12,15-17,28H,1,9,11,13-14H2,2H3/b20-16+. The van der Waals surface area contributed by atoms with Crippen LogP contribution in [0.2, 0.25) is 0 Å². The van der Waals surface area contributed by atoms with Crippen molar-refractivity contribution in [3.63, 3.8) is 0 Å². The Morgan fingerprint density at radius 2 is 1.93 bits per heavy atom. The fourth-order valence-corrected chi connectivity index (χ4v) is 3.27. The molecule has 144 valence electrons. The number of rotatable bonds is 8. The fourth-order valence-electron chi connectivity index (χ4n) is 3.27. The number of aliphatic hydroxyl groups excluding tert-OH is 1. The van der Waals surface area contributed by atoms with Crippen molar-refractivity contribution in [3.8, 4) is 0 Å². The maximum absolute atomic E-state index is 13.6. The lowest BCUT2D eigenvalue weighted by molar-refractivity contribution is 0.299. The number of nitrogens with zero attached hydrogens (tertiary/aromatic N) is 2. The molecule has 3 rings (SSSR count). The smallest absolute Gasteiger partial charge is 0.123 e. The van der Waals surface area contributed by atoms with Gasteiger partial charge in [-0.2, -0.15) is 0 Å². The minimum atomic E-state index is -0.308. The molecule has 3 nitrogen and oxygen atoms in total. The number of benzene rings is 2. The zero-order chi connectivity index (χ0) is 19.9. The molecule has 0 atom stereocenters. The molecule has 1 heterocycles. The molecule has 4 heteroatoms. The van der Waals surface area contributed by atoms with Crippen LogP contribution in [0, 0.1) is 12.7 Å². The van der Waals surface area contributed by atoms with Crippen LogP contribution in [0.1, 0.15) is 28.2 Å². The van der Waals surface area contributed by atoms with E-state index < -0.39 is 0 Å². The van der Waals surface area contributed by atoms with E-state index in [0.29, 0.717) is 6.42 Å². The number of imidazole rings is 1. The minimum absolute atomic E-state index is 0.0331. The molecular weight excluding hydrogens is 351 g/mol. The first kappa shape index (κ1) is 19.8. The fraction of sp³-hybridized carbons (Fsp3) is 0.208. The maximum Gasteiger partial charge on any atom is 0.123 e. The number of allylic oxidation sites excluding steroid dienone is 2. The largest absolute Gasteiger partial charge is 0.396 e. The zero-order valence-electron chi connectivity index (χ0n) is 16.1. The summed E-state index contributed by atoms with van der Waals surface area (Å²) >= 11 is 0. The summed E-state index contributed by atoms with van der Waals surface area (Å²) in [4.78, 5) is 4.66. The third-order valence-corrected chi connectivity index (χ3v) is 4.74. The van der Waals surface area contributed by atoms with Gasteiger partial charge in [0.1, 0.15) is 11.6 Å². The predicted molar refractivity (Wildman–Crippen MR) is 112 cm³/mol. The molecule has 0 aliphatic heterocycles. The summed E-state index contributed by atoms with van der Waals surface area (Å²) in [5.74, 6) is 0.575. The van der Waals surface area contributed by atoms with Gasteiger partial charge in [0.05, 0.1) is 5.69 Å². The molecule has 0 radical (unpaired) electrons. The molecule has 0 saturated heterocycles. The Hall–Kier alpha value is -2.98. The van der Waals surface area contributed by atoms with Gasteiger partial charge in [-0.15, -0.1) is 0 Å². The molecule has 3 aromatic rings. The second kappa shape index (κ2) is 9.29. The predicted octanol–water partition coefficient (Wildman–Crippen LogP) is 4.83. The van der Waals surface area contributed by atoms with Crippen molar-refractivity contribution in [2.45, 2.75) is 26.2 Å². The van der Waals surface area contributed by atoms with Gasteiger partial charge in [0, 0.05) is 19.0 Å². The van der Waals surface area contributed by atoms with Crippen LogP contribution < -0.4 is 0 Å². The third kappa shape index (κ3) is 4.84. The van der Waals surface area contributed by atoms with E-state index >= 15 is 0 Å². The van der Waals surface area contributed by atoms with Crippen LogP contribution in [0.5, 0.6) is 0 Å². The minimum Gasteiger partial charge on any atom is -0.396 e. The Kier molecular flexibility index (Phi) is 6.56. The second-order valence-electron chi connectivity index (χ2n) is 6.74. The van der Waals surface area contributed by atoms with Crippen LogP contribution in [0.15, 0.2) is 67.4 Å². The van der Waals surface area contributed by atoms with Crippen molar-refractivity contribution >= 4 is 11.8 Å². The van der Waals surface area contributed by atoms with Crippen LogP contribution in [0.4, 0.5) is 4.39 Å². The normalized spacial score (nSPS) is 11.6. The van der Waals surface area contributed by atoms with Crippen molar-refractivity contribution in [2.24, 2.45) is 0 Å². The van der Waals surface area contributed by atoms with E-state index in [-0.39, 0.29) is 12.4 Å². The average Bonchev–Trinajstić information content (AvgIpc) is 3.05. The summed E-state index contributed by atoms with van der Waals surface area (Å²) in [7, 11) is 0. The van der Waals surface area contributed by atoms with Gasteiger partial charge >= 0.3 is 0 Å². The highest BCUT2D eigenvalue weighted by molar-refractivity contribution is 5.83. The highest BCUT2D eigenvalue weighted by Gasteiger charge is 2.09. The van der Waals surface area contributed by atoms with Crippen molar-refractivity contribution < 1.29 is 9.50 Å². The molecule has 0 bridgehead atoms. The highest BCUT2D eigenvalue weighted by Crippen LogP contribution is 2.23. The Morgan fingerprint density at radius 1 is 1.14 bits per heavy atom. The summed E-state index contributed by atoms with van der Waals surface area (Å²) in [6.45, 7) is 5.84. The van der Waals surface area contributed by atoms with Crippen LogP contribution >= 0.6 is 0 Å². The molecule has 2 aromatic carbocycles. The van der Waals surface area contributed by atoms with Gasteiger partial charge < -0.3 is 9.67 Å². The van der Waals surface area contributed by atoms with E-state index in [1.807, 2.05) is 42.1 Å². The molecule has 28 heavy (non-hydrogen) atoms. The lowest BCUT2D eigenvalue weighted by Gasteiger charge is -2.10. The van der Waals surface area contributed by atoms with Gasteiger partial charge in [0.2, 0.25) is 0 Å².